The summed E-state index contributed by atoms with van der Waals surface area (Å²) < 4.78 is 5.52. The highest BCUT2D eigenvalue weighted by molar-refractivity contribution is 5.85. The molecule has 1 amide bonds. The van der Waals surface area contributed by atoms with Crippen LogP contribution in [0.4, 0.5) is 0 Å². The largest absolute Gasteiger partial charge is 0.496 e. The van der Waals surface area contributed by atoms with Gasteiger partial charge in [0, 0.05) is 24.1 Å². The number of methoxy groups -OCH3 is 1. The molecule has 1 aliphatic rings. The maximum Gasteiger partial charge on any atom is 0.223 e. The van der Waals surface area contributed by atoms with E-state index in [1.165, 1.54) is 0 Å². The molecule has 0 unspecified atom stereocenters. The van der Waals surface area contributed by atoms with Crippen LogP contribution in [0.2, 0.25) is 0 Å². The average molecular weight is 456 g/mol. The minimum atomic E-state index is 0. The lowest BCUT2D eigenvalue weighted by atomic mass is 9.84. The number of amides is 1. The zero-order valence-corrected chi connectivity index (χ0v) is 20.1. The van der Waals surface area contributed by atoms with Gasteiger partial charge < -0.3 is 15.0 Å². The molecule has 0 saturated heterocycles. The molecule has 0 atom stereocenters. The van der Waals surface area contributed by atoms with E-state index >= 15 is 0 Å². The highest BCUT2D eigenvalue weighted by atomic mass is 35.5. The van der Waals surface area contributed by atoms with Crippen molar-refractivity contribution >= 4 is 18.3 Å². The summed E-state index contributed by atoms with van der Waals surface area (Å²) in [7, 11) is 1.65. The fraction of sp³-hybridized carbons (Fsp3) is 0.462. The molecule has 2 aromatic carbocycles. The van der Waals surface area contributed by atoms with Crippen molar-refractivity contribution in [3.63, 3.8) is 0 Å². The molecule has 6 heteroatoms. The van der Waals surface area contributed by atoms with E-state index in [4.69, 9.17) is 10.00 Å². The first-order valence-corrected chi connectivity index (χ1v) is 11.3. The van der Waals surface area contributed by atoms with Crippen molar-refractivity contribution in [2.24, 2.45) is 5.92 Å². The second-order valence-electron chi connectivity index (χ2n) is 8.16. The van der Waals surface area contributed by atoms with E-state index < -0.39 is 0 Å². The summed E-state index contributed by atoms with van der Waals surface area (Å²) in [5.41, 5.74) is 3.66. The minimum Gasteiger partial charge on any atom is -0.496 e. The molecule has 0 aromatic heterocycles. The van der Waals surface area contributed by atoms with E-state index in [9.17, 15) is 4.79 Å². The van der Waals surface area contributed by atoms with Crippen molar-refractivity contribution in [2.75, 3.05) is 20.2 Å². The highest BCUT2D eigenvalue weighted by Crippen LogP contribution is 2.29. The third-order valence-corrected chi connectivity index (χ3v) is 6.48. The van der Waals surface area contributed by atoms with Crippen molar-refractivity contribution < 1.29 is 9.53 Å². The molecule has 1 aliphatic carbocycles. The van der Waals surface area contributed by atoms with Crippen LogP contribution in [0.15, 0.2) is 42.5 Å². The molecule has 0 heterocycles. The number of rotatable bonds is 8. The molecule has 0 radical (unpaired) electrons. The van der Waals surface area contributed by atoms with Gasteiger partial charge in [-0.05, 0) is 74.2 Å². The van der Waals surface area contributed by atoms with Crippen LogP contribution in [-0.2, 0) is 11.3 Å². The number of carbonyl (C=O) groups is 1. The Morgan fingerprint density at radius 2 is 1.69 bits per heavy atom. The van der Waals surface area contributed by atoms with Crippen molar-refractivity contribution in [2.45, 2.75) is 52.1 Å². The maximum atomic E-state index is 12.8. The summed E-state index contributed by atoms with van der Waals surface area (Å²) in [5.74, 6) is 1.01. The van der Waals surface area contributed by atoms with Crippen LogP contribution in [-0.4, -0.2) is 37.0 Å². The van der Waals surface area contributed by atoms with E-state index in [0.717, 1.165) is 61.2 Å². The molecule has 0 spiro atoms. The Bertz CT molecular complexity index is 912. The number of hydrogen-bond donors (Lipinski definition) is 1. The maximum absolute atomic E-state index is 12.8. The predicted octanol–water partition coefficient (Wildman–Crippen LogP) is 5.17. The number of halogens is 1. The fourth-order valence-corrected chi connectivity index (χ4v) is 4.60. The number of ether oxygens (including phenoxy) is 1. The number of nitrogens with one attached hydrogen (secondary N) is 1. The van der Waals surface area contributed by atoms with Gasteiger partial charge in [0.25, 0.3) is 0 Å². The number of nitriles is 1. The van der Waals surface area contributed by atoms with E-state index in [0.29, 0.717) is 18.2 Å². The molecule has 0 aliphatic heterocycles. The van der Waals surface area contributed by atoms with Gasteiger partial charge in [0.2, 0.25) is 5.91 Å². The summed E-state index contributed by atoms with van der Waals surface area (Å²) in [6.45, 7) is 7.02. The van der Waals surface area contributed by atoms with Crippen LogP contribution in [0.3, 0.4) is 0 Å². The zero-order chi connectivity index (χ0) is 22.2. The monoisotopic (exact) mass is 455 g/mol. The molecule has 5 nitrogen and oxygen atoms in total. The normalized spacial score (nSPS) is 17.8. The minimum absolute atomic E-state index is 0. The Kier molecular flexibility index (Phi) is 10.0. The van der Waals surface area contributed by atoms with E-state index in [1.807, 2.05) is 36.4 Å². The summed E-state index contributed by atoms with van der Waals surface area (Å²) in [5, 5.41) is 12.1. The van der Waals surface area contributed by atoms with Gasteiger partial charge in [-0.3, -0.25) is 4.79 Å². The van der Waals surface area contributed by atoms with Gasteiger partial charge in [-0.15, -0.1) is 12.4 Å². The molecule has 32 heavy (non-hydrogen) atoms. The van der Waals surface area contributed by atoms with Gasteiger partial charge in [0.1, 0.15) is 5.75 Å². The average Bonchev–Trinajstić information content (AvgIpc) is 2.83. The molecule has 172 valence electrons. The van der Waals surface area contributed by atoms with E-state index in [-0.39, 0.29) is 24.2 Å². The molecule has 1 saturated carbocycles. The van der Waals surface area contributed by atoms with Crippen molar-refractivity contribution in [3.8, 4) is 22.9 Å². The Morgan fingerprint density at radius 1 is 1.06 bits per heavy atom. The lowest BCUT2D eigenvalue weighted by molar-refractivity contribution is -0.126. The van der Waals surface area contributed by atoms with Gasteiger partial charge in [-0.25, -0.2) is 0 Å². The van der Waals surface area contributed by atoms with Gasteiger partial charge in [-0.2, -0.15) is 5.26 Å². The number of hydrogen-bond acceptors (Lipinski definition) is 4. The van der Waals surface area contributed by atoms with Gasteiger partial charge in [0.05, 0.1) is 18.7 Å². The van der Waals surface area contributed by atoms with Crippen LogP contribution in [0.1, 0.15) is 50.7 Å². The number of nitrogens with zero attached hydrogens (tertiary/aromatic N) is 2. The third-order valence-electron chi connectivity index (χ3n) is 6.48. The summed E-state index contributed by atoms with van der Waals surface area (Å²) in [4.78, 5) is 15.3. The first-order chi connectivity index (χ1) is 15.1. The Morgan fingerprint density at radius 3 is 2.25 bits per heavy atom. The Hall–Kier alpha value is -2.55. The van der Waals surface area contributed by atoms with Crippen LogP contribution in [0.25, 0.3) is 11.1 Å². The van der Waals surface area contributed by atoms with Crippen molar-refractivity contribution in [1.29, 1.82) is 5.26 Å². The van der Waals surface area contributed by atoms with Crippen LogP contribution in [0, 0.1) is 17.2 Å². The summed E-state index contributed by atoms with van der Waals surface area (Å²) >= 11 is 0. The van der Waals surface area contributed by atoms with Crippen LogP contribution < -0.4 is 10.1 Å². The Labute approximate surface area is 198 Å². The van der Waals surface area contributed by atoms with Crippen molar-refractivity contribution in [1.82, 2.24) is 10.2 Å². The highest BCUT2D eigenvalue weighted by Gasteiger charge is 2.28. The van der Waals surface area contributed by atoms with Crippen LogP contribution in [0.5, 0.6) is 5.75 Å². The first kappa shape index (κ1) is 25.7. The number of carbonyl (C=O) groups excluding carboxylic acids is 1. The van der Waals surface area contributed by atoms with Gasteiger partial charge >= 0.3 is 0 Å². The Balaban J connectivity index is 0.00000363. The fourth-order valence-electron chi connectivity index (χ4n) is 4.60. The van der Waals surface area contributed by atoms with E-state index in [2.05, 4.69) is 36.2 Å². The standard InChI is InChI=1S/C26H33N3O2.ClH/c1-4-29(5-2)24-13-10-21(11-14-24)26(30)28-18-23-16-22(12-15-25(23)31-3)20-8-6-19(17-27)7-9-20;/h6-9,12,15-16,21,24H,4-5,10-11,13-14,18H2,1-3H3,(H,28,30);1H. The van der Waals surface area contributed by atoms with Gasteiger partial charge in [0.15, 0.2) is 0 Å². The number of benzene rings is 2. The third kappa shape index (κ3) is 6.25. The molecule has 2 aromatic rings. The lowest BCUT2D eigenvalue weighted by Crippen LogP contribution is -2.40. The second-order valence-corrected chi connectivity index (χ2v) is 8.16. The molecular formula is C26H34ClN3O2. The molecule has 1 fully saturated rings. The van der Waals surface area contributed by atoms with E-state index in [1.54, 1.807) is 7.11 Å². The van der Waals surface area contributed by atoms with Gasteiger partial charge in [-0.1, -0.05) is 32.0 Å². The molecule has 1 N–H and O–H groups in total. The SMILES string of the molecule is CCN(CC)C1CCC(C(=O)NCc2cc(-c3ccc(C#N)cc3)ccc2OC)CC1.Cl. The molecule has 3 rings (SSSR count). The first-order valence-electron chi connectivity index (χ1n) is 11.3. The quantitative estimate of drug-likeness (QED) is 0.596. The smallest absolute Gasteiger partial charge is 0.223 e. The lowest BCUT2D eigenvalue weighted by Gasteiger charge is -2.35. The second kappa shape index (κ2) is 12.5. The molecule has 0 bridgehead atoms. The van der Waals surface area contributed by atoms with Crippen LogP contribution >= 0.6 is 12.4 Å². The summed E-state index contributed by atoms with van der Waals surface area (Å²) in [6, 6.07) is 16.3. The predicted molar refractivity (Wildman–Crippen MR) is 131 cm³/mol. The molecular weight excluding hydrogens is 422 g/mol. The van der Waals surface area contributed by atoms with Crippen molar-refractivity contribution in [3.05, 3.63) is 53.6 Å². The topological polar surface area (TPSA) is 65.4 Å². The summed E-state index contributed by atoms with van der Waals surface area (Å²) in [6.07, 6.45) is 4.10. The zero-order valence-electron chi connectivity index (χ0n) is 19.3.